The number of anilines is 1. The van der Waals surface area contributed by atoms with Crippen molar-refractivity contribution in [2.24, 2.45) is 0 Å². The van der Waals surface area contributed by atoms with Gasteiger partial charge in [-0.1, -0.05) is 22.0 Å². The van der Waals surface area contributed by atoms with Gasteiger partial charge in [-0.15, -0.1) is 0 Å². The average molecular weight is 403 g/mol. The lowest BCUT2D eigenvalue weighted by Gasteiger charge is -2.08. The van der Waals surface area contributed by atoms with Crippen LogP contribution in [0, 0.1) is 5.82 Å². The number of amides is 1. The van der Waals surface area contributed by atoms with E-state index in [-0.39, 0.29) is 12.5 Å². The van der Waals surface area contributed by atoms with E-state index in [0.717, 1.165) is 4.47 Å². The lowest BCUT2D eigenvalue weighted by atomic mass is 10.3. The normalized spacial score (nSPS) is 10.2. The summed E-state index contributed by atoms with van der Waals surface area (Å²) in [5.74, 6) is -0.448. The van der Waals surface area contributed by atoms with E-state index in [1.165, 1.54) is 12.1 Å². The van der Waals surface area contributed by atoms with Crippen LogP contribution in [0.4, 0.5) is 10.1 Å². The molecule has 6 heteroatoms. The third kappa shape index (κ3) is 4.31. The van der Waals surface area contributed by atoms with E-state index in [1.807, 2.05) is 12.1 Å². The molecule has 0 aliphatic heterocycles. The highest BCUT2D eigenvalue weighted by Crippen LogP contribution is 2.21. The summed E-state index contributed by atoms with van der Waals surface area (Å²) in [6.45, 7) is -0.187. The maximum Gasteiger partial charge on any atom is 0.262 e. The molecule has 0 heterocycles. The van der Waals surface area contributed by atoms with Gasteiger partial charge < -0.3 is 10.1 Å². The van der Waals surface area contributed by atoms with Crippen molar-refractivity contribution in [2.75, 3.05) is 11.9 Å². The lowest BCUT2D eigenvalue weighted by Crippen LogP contribution is -2.20. The van der Waals surface area contributed by atoms with E-state index in [9.17, 15) is 9.18 Å². The van der Waals surface area contributed by atoms with Crippen molar-refractivity contribution in [2.45, 2.75) is 0 Å². The van der Waals surface area contributed by atoms with E-state index in [2.05, 4.69) is 37.2 Å². The molecule has 1 amide bonds. The van der Waals surface area contributed by atoms with Gasteiger partial charge in [0.1, 0.15) is 11.6 Å². The summed E-state index contributed by atoms with van der Waals surface area (Å²) in [6, 6.07) is 11.5. The van der Waals surface area contributed by atoms with E-state index >= 15 is 0 Å². The predicted octanol–water partition coefficient (Wildman–Crippen LogP) is 4.37. The molecular weight excluding hydrogens is 393 g/mol. The summed E-state index contributed by atoms with van der Waals surface area (Å²) in [5.41, 5.74) is 0.662. The van der Waals surface area contributed by atoms with Crippen molar-refractivity contribution in [3.63, 3.8) is 0 Å². The van der Waals surface area contributed by atoms with Crippen LogP contribution in [0.3, 0.4) is 0 Å². The number of benzene rings is 2. The highest BCUT2D eigenvalue weighted by atomic mass is 79.9. The van der Waals surface area contributed by atoms with Crippen LogP contribution in [0.25, 0.3) is 0 Å². The molecule has 2 rings (SSSR count). The first-order chi connectivity index (χ1) is 9.54. The third-order valence-electron chi connectivity index (χ3n) is 2.37. The Balaban J connectivity index is 1.90. The van der Waals surface area contributed by atoms with Gasteiger partial charge in [0.2, 0.25) is 0 Å². The van der Waals surface area contributed by atoms with Crippen LogP contribution in [0.15, 0.2) is 51.4 Å². The molecule has 0 aliphatic carbocycles. The van der Waals surface area contributed by atoms with Gasteiger partial charge in [-0.2, -0.15) is 0 Å². The number of hydrogen-bond donors (Lipinski definition) is 1. The van der Waals surface area contributed by atoms with Crippen molar-refractivity contribution in [1.29, 1.82) is 0 Å². The van der Waals surface area contributed by atoms with Gasteiger partial charge in [-0.3, -0.25) is 4.79 Å². The topological polar surface area (TPSA) is 38.3 Å². The van der Waals surface area contributed by atoms with Gasteiger partial charge >= 0.3 is 0 Å². The summed E-state index contributed by atoms with van der Waals surface area (Å²) in [7, 11) is 0. The number of hydrogen-bond acceptors (Lipinski definition) is 2. The molecule has 0 saturated heterocycles. The minimum absolute atomic E-state index is 0.187. The molecule has 1 N–H and O–H groups in total. The zero-order chi connectivity index (χ0) is 14.5. The monoisotopic (exact) mass is 401 g/mol. The molecule has 0 aromatic heterocycles. The van der Waals surface area contributed by atoms with Crippen LogP contribution in [-0.2, 0) is 4.79 Å². The Morgan fingerprint density at radius 3 is 2.70 bits per heavy atom. The summed E-state index contributed by atoms with van der Waals surface area (Å²) in [6.07, 6.45) is 0. The van der Waals surface area contributed by atoms with Crippen LogP contribution < -0.4 is 10.1 Å². The molecule has 0 fully saturated rings. The van der Waals surface area contributed by atoms with E-state index in [1.54, 1.807) is 18.2 Å². The molecule has 2 aromatic carbocycles. The minimum Gasteiger partial charge on any atom is -0.484 e. The molecule has 20 heavy (non-hydrogen) atoms. The zero-order valence-corrected chi connectivity index (χ0v) is 13.4. The van der Waals surface area contributed by atoms with Gasteiger partial charge in [-0.05, 0) is 46.3 Å². The number of halogens is 3. The van der Waals surface area contributed by atoms with Gasteiger partial charge in [-0.25, -0.2) is 4.39 Å². The highest BCUT2D eigenvalue weighted by Gasteiger charge is 2.06. The summed E-state index contributed by atoms with van der Waals surface area (Å²) in [5, 5.41) is 2.68. The molecule has 0 aliphatic rings. The first kappa shape index (κ1) is 15.0. The minimum atomic E-state index is -0.435. The Morgan fingerprint density at radius 2 is 2.00 bits per heavy atom. The third-order valence-corrected chi connectivity index (χ3v) is 3.51. The molecule has 0 bridgehead atoms. The van der Waals surface area contributed by atoms with Gasteiger partial charge in [0.05, 0.1) is 4.47 Å². The van der Waals surface area contributed by atoms with Crippen LogP contribution in [0.5, 0.6) is 5.75 Å². The van der Waals surface area contributed by atoms with Crippen LogP contribution >= 0.6 is 31.9 Å². The van der Waals surface area contributed by atoms with Crippen molar-refractivity contribution < 1.29 is 13.9 Å². The van der Waals surface area contributed by atoms with Gasteiger partial charge in [0, 0.05) is 16.2 Å². The quantitative estimate of drug-likeness (QED) is 0.824. The molecule has 0 saturated carbocycles. The Labute approximate surface area is 132 Å². The van der Waals surface area contributed by atoms with E-state index in [4.69, 9.17) is 4.74 Å². The van der Waals surface area contributed by atoms with Crippen LogP contribution in [-0.4, -0.2) is 12.5 Å². The Bertz CT molecular complexity index is 634. The van der Waals surface area contributed by atoms with Crippen LogP contribution in [0.2, 0.25) is 0 Å². The van der Waals surface area contributed by atoms with E-state index in [0.29, 0.717) is 15.9 Å². The number of carbonyl (C=O) groups excluding carboxylic acids is 1. The number of carbonyl (C=O) groups is 1. The number of nitrogens with one attached hydrogen (secondary N) is 1. The van der Waals surface area contributed by atoms with Crippen molar-refractivity contribution in [3.8, 4) is 5.75 Å². The second kappa shape index (κ2) is 6.85. The second-order valence-electron chi connectivity index (χ2n) is 3.92. The fourth-order valence-electron chi connectivity index (χ4n) is 1.48. The number of ether oxygens (including phenoxy) is 1. The Morgan fingerprint density at radius 1 is 1.20 bits per heavy atom. The second-order valence-corrected chi connectivity index (χ2v) is 5.69. The molecule has 3 nitrogen and oxygen atoms in total. The molecule has 0 spiro atoms. The molecule has 104 valence electrons. The summed E-state index contributed by atoms with van der Waals surface area (Å²) in [4.78, 5) is 11.7. The van der Waals surface area contributed by atoms with Gasteiger partial charge in [0.15, 0.2) is 6.61 Å². The van der Waals surface area contributed by atoms with E-state index < -0.39 is 5.82 Å². The largest absolute Gasteiger partial charge is 0.484 e. The predicted molar refractivity (Wildman–Crippen MR) is 82.4 cm³/mol. The highest BCUT2D eigenvalue weighted by molar-refractivity contribution is 9.10. The fourth-order valence-corrected chi connectivity index (χ4v) is 2.12. The SMILES string of the molecule is O=C(COc1ccc(Br)c(F)c1)Nc1cccc(Br)c1. The average Bonchev–Trinajstić information content (AvgIpc) is 2.40. The van der Waals surface area contributed by atoms with Crippen LogP contribution in [0.1, 0.15) is 0 Å². The van der Waals surface area contributed by atoms with Crippen molar-refractivity contribution in [3.05, 3.63) is 57.2 Å². The summed E-state index contributed by atoms with van der Waals surface area (Å²) >= 11 is 6.36. The maximum atomic E-state index is 13.3. The molecule has 2 aromatic rings. The molecule has 0 atom stereocenters. The summed E-state index contributed by atoms with van der Waals surface area (Å²) < 4.78 is 19.7. The Hall–Kier alpha value is -1.40. The van der Waals surface area contributed by atoms with Gasteiger partial charge in [0.25, 0.3) is 5.91 Å². The zero-order valence-electron chi connectivity index (χ0n) is 10.2. The lowest BCUT2D eigenvalue weighted by molar-refractivity contribution is -0.118. The molecule has 0 radical (unpaired) electrons. The first-order valence-corrected chi connectivity index (χ1v) is 7.26. The molecule has 0 unspecified atom stereocenters. The maximum absolute atomic E-state index is 13.3. The fraction of sp³-hybridized carbons (Fsp3) is 0.0714. The van der Waals surface area contributed by atoms with Crippen molar-refractivity contribution >= 4 is 43.5 Å². The first-order valence-electron chi connectivity index (χ1n) is 5.68. The van der Waals surface area contributed by atoms with Crippen molar-refractivity contribution in [1.82, 2.24) is 0 Å². The smallest absolute Gasteiger partial charge is 0.262 e. The molecular formula is C14H10Br2FNO2. The standard InChI is InChI=1S/C14H10Br2FNO2/c15-9-2-1-3-10(6-9)18-14(19)8-20-11-4-5-12(16)13(17)7-11/h1-7H,8H2,(H,18,19). The Kier molecular flexibility index (Phi) is 5.14. The number of rotatable bonds is 4.